The van der Waals surface area contributed by atoms with Gasteiger partial charge in [-0.1, -0.05) is 12.1 Å². The average molecular weight is 317 g/mol. The van der Waals surface area contributed by atoms with Gasteiger partial charge in [0.25, 0.3) is 0 Å². The van der Waals surface area contributed by atoms with Crippen molar-refractivity contribution in [1.82, 2.24) is 5.32 Å². The van der Waals surface area contributed by atoms with Gasteiger partial charge in [-0.25, -0.2) is 4.79 Å². The fourth-order valence-corrected chi connectivity index (χ4v) is 3.28. The second-order valence-electron chi connectivity index (χ2n) is 6.27. The summed E-state index contributed by atoms with van der Waals surface area (Å²) in [6, 6.07) is 7.22. The predicted octanol–water partition coefficient (Wildman–Crippen LogP) is 2.24. The summed E-state index contributed by atoms with van der Waals surface area (Å²) in [4.78, 5) is 25.9. The van der Waals surface area contributed by atoms with Crippen molar-refractivity contribution >= 4 is 23.3 Å². The van der Waals surface area contributed by atoms with Crippen LogP contribution in [0.1, 0.15) is 38.5 Å². The van der Waals surface area contributed by atoms with E-state index in [0.717, 1.165) is 37.8 Å². The molecule has 1 heterocycles. The Morgan fingerprint density at radius 2 is 1.91 bits per heavy atom. The zero-order chi connectivity index (χ0) is 16.2. The fraction of sp³-hybridized carbons (Fsp3) is 0.529. The number of carbonyl (C=O) groups excluding carboxylic acids is 2. The maximum Gasteiger partial charge on any atom is 0.319 e. The number of urea groups is 1. The highest BCUT2D eigenvalue weighted by Gasteiger charge is 2.25. The molecule has 1 aromatic rings. The Kier molecular flexibility index (Phi) is 4.81. The number of para-hydroxylation sites is 2. The van der Waals surface area contributed by atoms with Crippen LogP contribution in [0.5, 0.6) is 0 Å². The van der Waals surface area contributed by atoms with Crippen molar-refractivity contribution in [3.8, 4) is 0 Å². The summed E-state index contributed by atoms with van der Waals surface area (Å²) in [6.45, 7) is 0.694. The Labute approximate surface area is 135 Å². The van der Waals surface area contributed by atoms with Gasteiger partial charge in [-0.15, -0.1) is 0 Å². The molecule has 1 aliphatic heterocycles. The molecule has 1 aromatic carbocycles. The number of aliphatic hydroxyl groups excluding tert-OH is 1. The van der Waals surface area contributed by atoms with Gasteiger partial charge in [-0.2, -0.15) is 0 Å². The van der Waals surface area contributed by atoms with Crippen LogP contribution >= 0.6 is 0 Å². The molecule has 23 heavy (non-hydrogen) atoms. The normalized spacial score (nSPS) is 24.6. The molecule has 1 saturated heterocycles. The van der Waals surface area contributed by atoms with E-state index in [2.05, 4.69) is 10.6 Å². The first-order chi connectivity index (χ1) is 11.1. The van der Waals surface area contributed by atoms with Crippen LogP contribution in [0.25, 0.3) is 0 Å². The topological polar surface area (TPSA) is 81.7 Å². The van der Waals surface area contributed by atoms with E-state index in [-0.39, 0.29) is 24.1 Å². The lowest BCUT2D eigenvalue weighted by Gasteiger charge is -2.26. The van der Waals surface area contributed by atoms with Crippen molar-refractivity contribution in [2.45, 2.75) is 50.7 Å². The van der Waals surface area contributed by atoms with Crippen molar-refractivity contribution in [2.75, 3.05) is 16.8 Å². The SMILES string of the molecule is O=C(Nc1ccccc1N1CCCC1=O)NC1CCC(O)CC1. The van der Waals surface area contributed by atoms with Crippen LogP contribution in [0.2, 0.25) is 0 Å². The summed E-state index contributed by atoms with van der Waals surface area (Å²) < 4.78 is 0. The summed E-state index contributed by atoms with van der Waals surface area (Å²) >= 11 is 0. The first-order valence-corrected chi connectivity index (χ1v) is 8.28. The minimum absolute atomic E-state index is 0.0963. The molecule has 3 rings (SSSR count). The molecule has 2 aliphatic rings. The van der Waals surface area contributed by atoms with Crippen molar-refractivity contribution < 1.29 is 14.7 Å². The second-order valence-corrected chi connectivity index (χ2v) is 6.27. The van der Waals surface area contributed by atoms with Crippen LogP contribution < -0.4 is 15.5 Å². The number of aliphatic hydroxyl groups is 1. The van der Waals surface area contributed by atoms with E-state index in [4.69, 9.17) is 0 Å². The standard InChI is InChI=1S/C17H23N3O3/c21-13-9-7-12(8-10-13)18-17(23)19-14-4-1-2-5-15(14)20-11-3-6-16(20)22/h1-2,4-5,12-13,21H,3,6-11H2,(H2,18,19,23). The average Bonchev–Trinajstić information content (AvgIpc) is 2.96. The molecule has 0 bridgehead atoms. The van der Waals surface area contributed by atoms with Crippen molar-refractivity contribution in [3.05, 3.63) is 24.3 Å². The molecule has 0 atom stereocenters. The van der Waals surface area contributed by atoms with Gasteiger partial charge in [0, 0.05) is 19.0 Å². The van der Waals surface area contributed by atoms with Gasteiger partial charge in [-0.3, -0.25) is 4.79 Å². The molecule has 0 aromatic heterocycles. The third-order valence-corrected chi connectivity index (χ3v) is 4.55. The van der Waals surface area contributed by atoms with Gasteiger partial charge >= 0.3 is 6.03 Å². The fourth-order valence-electron chi connectivity index (χ4n) is 3.28. The maximum atomic E-state index is 12.2. The second kappa shape index (κ2) is 7.00. The molecule has 0 radical (unpaired) electrons. The van der Waals surface area contributed by atoms with E-state index < -0.39 is 0 Å². The monoisotopic (exact) mass is 317 g/mol. The molecule has 6 nitrogen and oxygen atoms in total. The van der Waals surface area contributed by atoms with E-state index in [9.17, 15) is 14.7 Å². The minimum atomic E-state index is -0.259. The lowest BCUT2D eigenvalue weighted by Crippen LogP contribution is -2.41. The first kappa shape index (κ1) is 15.8. The van der Waals surface area contributed by atoms with Crippen molar-refractivity contribution in [1.29, 1.82) is 0 Å². The van der Waals surface area contributed by atoms with Crippen LogP contribution in [0, 0.1) is 0 Å². The van der Waals surface area contributed by atoms with Crippen LogP contribution in [0.4, 0.5) is 16.2 Å². The molecule has 3 N–H and O–H groups in total. The zero-order valence-electron chi connectivity index (χ0n) is 13.1. The lowest BCUT2D eigenvalue weighted by atomic mass is 9.93. The Bertz CT molecular complexity index is 582. The van der Waals surface area contributed by atoms with Crippen LogP contribution in [-0.2, 0) is 4.79 Å². The molecular weight excluding hydrogens is 294 g/mol. The quantitative estimate of drug-likeness (QED) is 0.799. The number of benzene rings is 1. The lowest BCUT2D eigenvalue weighted by molar-refractivity contribution is -0.117. The van der Waals surface area contributed by atoms with E-state index >= 15 is 0 Å². The van der Waals surface area contributed by atoms with Crippen molar-refractivity contribution in [2.24, 2.45) is 0 Å². The molecule has 0 unspecified atom stereocenters. The van der Waals surface area contributed by atoms with E-state index in [1.807, 2.05) is 24.3 Å². The summed E-state index contributed by atoms with van der Waals surface area (Å²) in [5, 5.41) is 15.3. The van der Waals surface area contributed by atoms with Gasteiger partial charge in [0.1, 0.15) is 0 Å². The smallest absolute Gasteiger partial charge is 0.319 e. The minimum Gasteiger partial charge on any atom is -0.393 e. The van der Waals surface area contributed by atoms with Crippen LogP contribution in [0.3, 0.4) is 0 Å². The molecular formula is C17H23N3O3. The first-order valence-electron chi connectivity index (χ1n) is 8.28. The zero-order valence-corrected chi connectivity index (χ0v) is 13.1. The van der Waals surface area contributed by atoms with E-state index in [0.29, 0.717) is 18.7 Å². The highest BCUT2D eigenvalue weighted by Crippen LogP contribution is 2.29. The summed E-state index contributed by atoms with van der Waals surface area (Å²) in [5.74, 6) is 0.0981. The molecule has 1 aliphatic carbocycles. The number of nitrogens with zero attached hydrogens (tertiary/aromatic N) is 1. The highest BCUT2D eigenvalue weighted by molar-refractivity contribution is 6.01. The molecule has 124 valence electrons. The van der Waals surface area contributed by atoms with E-state index in [1.165, 1.54) is 0 Å². The third-order valence-electron chi connectivity index (χ3n) is 4.55. The van der Waals surface area contributed by atoms with Gasteiger partial charge in [0.15, 0.2) is 0 Å². The maximum absolute atomic E-state index is 12.2. The third kappa shape index (κ3) is 3.82. The number of carbonyl (C=O) groups is 2. The van der Waals surface area contributed by atoms with Gasteiger partial charge < -0.3 is 20.6 Å². The molecule has 3 amide bonds. The highest BCUT2D eigenvalue weighted by atomic mass is 16.3. The summed E-state index contributed by atoms with van der Waals surface area (Å²) in [6.07, 6.45) is 4.21. The predicted molar refractivity (Wildman–Crippen MR) is 88.4 cm³/mol. The summed E-state index contributed by atoms with van der Waals surface area (Å²) in [5.41, 5.74) is 1.40. The van der Waals surface area contributed by atoms with Crippen LogP contribution in [-0.4, -0.2) is 35.7 Å². The van der Waals surface area contributed by atoms with Crippen molar-refractivity contribution in [3.63, 3.8) is 0 Å². The summed E-state index contributed by atoms with van der Waals surface area (Å²) in [7, 11) is 0. The van der Waals surface area contributed by atoms with Gasteiger partial charge in [0.05, 0.1) is 17.5 Å². The number of rotatable bonds is 3. The Balaban J connectivity index is 1.63. The van der Waals surface area contributed by atoms with Gasteiger partial charge in [0.2, 0.25) is 5.91 Å². The number of hydrogen-bond donors (Lipinski definition) is 3. The Hall–Kier alpha value is -2.08. The Morgan fingerprint density at radius 1 is 1.17 bits per heavy atom. The Morgan fingerprint density at radius 3 is 2.61 bits per heavy atom. The number of nitrogens with one attached hydrogen (secondary N) is 2. The number of hydrogen-bond acceptors (Lipinski definition) is 3. The van der Waals surface area contributed by atoms with E-state index in [1.54, 1.807) is 4.90 Å². The number of anilines is 2. The van der Waals surface area contributed by atoms with Crippen LogP contribution in [0.15, 0.2) is 24.3 Å². The molecule has 6 heteroatoms. The molecule has 0 spiro atoms. The molecule has 1 saturated carbocycles. The molecule has 2 fully saturated rings. The largest absolute Gasteiger partial charge is 0.393 e. The number of amides is 3. The van der Waals surface area contributed by atoms with Gasteiger partial charge in [-0.05, 0) is 44.2 Å².